The van der Waals surface area contributed by atoms with Crippen molar-refractivity contribution >= 4 is 21.8 Å². The standard InChI is InChI=1S/C25H33N3O5S/c1-18(2)24(26-23(29)17-33-21-8-6-5-7-9-21)25(30)27-12-14-28(15-13-27)34(31,32)22-11-10-19(3)16-20(22)4/h5-11,16,18,24H,12-15,17H2,1-4H3,(H,26,29)/t24-/m0/s1. The van der Waals surface area contributed by atoms with Crippen molar-refractivity contribution in [1.29, 1.82) is 0 Å². The molecule has 9 heteroatoms. The van der Waals surface area contributed by atoms with Crippen molar-refractivity contribution in [2.24, 2.45) is 5.92 Å². The largest absolute Gasteiger partial charge is 0.484 e. The van der Waals surface area contributed by atoms with Gasteiger partial charge in [0.05, 0.1) is 4.90 Å². The number of amides is 2. The molecule has 1 aliphatic rings. The zero-order chi connectivity index (χ0) is 24.9. The zero-order valence-corrected chi connectivity index (χ0v) is 21.0. The number of carbonyl (C=O) groups excluding carboxylic acids is 2. The fraction of sp³-hybridized carbons (Fsp3) is 0.440. The van der Waals surface area contributed by atoms with E-state index in [1.807, 2.05) is 45.0 Å². The minimum Gasteiger partial charge on any atom is -0.484 e. The molecular formula is C25H33N3O5S. The molecule has 0 radical (unpaired) electrons. The second-order valence-electron chi connectivity index (χ2n) is 8.89. The molecule has 1 N–H and O–H groups in total. The number of aryl methyl sites for hydroxylation is 2. The fourth-order valence-electron chi connectivity index (χ4n) is 3.97. The Bertz CT molecular complexity index is 1110. The van der Waals surface area contributed by atoms with Crippen LogP contribution in [0.1, 0.15) is 25.0 Å². The van der Waals surface area contributed by atoms with Gasteiger partial charge in [-0.15, -0.1) is 0 Å². The van der Waals surface area contributed by atoms with Crippen molar-refractivity contribution in [3.05, 3.63) is 59.7 Å². The third-order valence-corrected chi connectivity index (χ3v) is 7.92. The number of piperazine rings is 1. The van der Waals surface area contributed by atoms with Crippen LogP contribution in [0.4, 0.5) is 0 Å². The van der Waals surface area contributed by atoms with E-state index < -0.39 is 16.1 Å². The van der Waals surface area contributed by atoms with Gasteiger partial charge in [0.15, 0.2) is 6.61 Å². The number of para-hydroxylation sites is 1. The number of hydrogen-bond donors (Lipinski definition) is 1. The number of nitrogens with zero attached hydrogens (tertiary/aromatic N) is 2. The van der Waals surface area contributed by atoms with Gasteiger partial charge in [-0.1, -0.05) is 49.7 Å². The SMILES string of the molecule is Cc1ccc(S(=O)(=O)N2CCN(C(=O)[C@@H](NC(=O)COc3ccccc3)C(C)C)CC2)c(C)c1. The summed E-state index contributed by atoms with van der Waals surface area (Å²) in [6.07, 6.45) is 0. The van der Waals surface area contributed by atoms with E-state index in [0.717, 1.165) is 5.56 Å². The Balaban J connectivity index is 1.59. The lowest BCUT2D eigenvalue weighted by Crippen LogP contribution is -2.57. The molecule has 0 bridgehead atoms. The van der Waals surface area contributed by atoms with Gasteiger partial charge in [-0.05, 0) is 43.5 Å². The Morgan fingerprint density at radius 1 is 1.00 bits per heavy atom. The molecule has 1 fully saturated rings. The first kappa shape index (κ1) is 25.7. The molecule has 0 aliphatic carbocycles. The highest BCUT2D eigenvalue weighted by atomic mass is 32.2. The Hall–Kier alpha value is -2.91. The van der Waals surface area contributed by atoms with Crippen LogP contribution < -0.4 is 10.1 Å². The summed E-state index contributed by atoms with van der Waals surface area (Å²) < 4.78 is 33.1. The van der Waals surface area contributed by atoms with Gasteiger partial charge in [0.25, 0.3) is 5.91 Å². The van der Waals surface area contributed by atoms with E-state index in [9.17, 15) is 18.0 Å². The third kappa shape index (κ3) is 6.15. The first-order valence-electron chi connectivity index (χ1n) is 11.4. The molecule has 0 saturated carbocycles. The van der Waals surface area contributed by atoms with E-state index in [1.165, 1.54) is 4.31 Å². The second-order valence-corrected chi connectivity index (χ2v) is 10.8. The normalized spacial score (nSPS) is 15.7. The minimum absolute atomic E-state index is 0.134. The summed E-state index contributed by atoms with van der Waals surface area (Å²) in [6, 6.07) is 13.6. The number of carbonyl (C=O) groups is 2. The summed E-state index contributed by atoms with van der Waals surface area (Å²) in [7, 11) is -3.64. The Labute approximate surface area is 201 Å². The molecule has 1 atom stereocenters. The first-order valence-corrected chi connectivity index (χ1v) is 12.9. The molecule has 184 valence electrons. The smallest absolute Gasteiger partial charge is 0.258 e. The van der Waals surface area contributed by atoms with Crippen LogP contribution in [0.5, 0.6) is 5.75 Å². The molecule has 2 aromatic carbocycles. The zero-order valence-electron chi connectivity index (χ0n) is 20.2. The molecule has 34 heavy (non-hydrogen) atoms. The second kappa shape index (κ2) is 11.0. The molecule has 1 saturated heterocycles. The van der Waals surface area contributed by atoms with Gasteiger partial charge >= 0.3 is 0 Å². The maximum Gasteiger partial charge on any atom is 0.258 e. The van der Waals surface area contributed by atoms with Gasteiger partial charge in [0, 0.05) is 26.2 Å². The van der Waals surface area contributed by atoms with Crippen LogP contribution >= 0.6 is 0 Å². The molecule has 8 nitrogen and oxygen atoms in total. The van der Waals surface area contributed by atoms with Crippen molar-refractivity contribution in [2.45, 2.75) is 38.6 Å². The van der Waals surface area contributed by atoms with Crippen molar-refractivity contribution in [1.82, 2.24) is 14.5 Å². The molecular weight excluding hydrogens is 454 g/mol. The molecule has 2 aromatic rings. The average Bonchev–Trinajstić information content (AvgIpc) is 2.81. The van der Waals surface area contributed by atoms with Crippen LogP contribution in [-0.2, 0) is 19.6 Å². The van der Waals surface area contributed by atoms with Crippen molar-refractivity contribution < 1.29 is 22.7 Å². The Kier molecular flexibility index (Phi) is 8.33. The van der Waals surface area contributed by atoms with Crippen LogP contribution in [-0.4, -0.2) is 68.3 Å². The summed E-state index contributed by atoms with van der Waals surface area (Å²) in [5.41, 5.74) is 1.71. The maximum atomic E-state index is 13.2. The molecule has 0 unspecified atom stereocenters. The number of hydrogen-bond acceptors (Lipinski definition) is 5. The van der Waals surface area contributed by atoms with Gasteiger partial charge < -0.3 is 15.0 Å². The molecule has 1 heterocycles. The van der Waals surface area contributed by atoms with Crippen LogP contribution in [0.25, 0.3) is 0 Å². The molecule has 2 amide bonds. The highest BCUT2D eigenvalue weighted by molar-refractivity contribution is 7.89. The van der Waals surface area contributed by atoms with E-state index in [4.69, 9.17) is 4.74 Å². The summed E-state index contributed by atoms with van der Waals surface area (Å²) in [6.45, 7) is 8.19. The van der Waals surface area contributed by atoms with E-state index in [0.29, 0.717) is 16.2 Å². The summed E-state index contributed by atoms with van der Waals surface area (Å²) in [5.74, 6) is -0.157. The van der Waals surface area contributed by atoms with Gasteiger partial charge in [-0.25, -0.2) is 8.42 Å². The Morgan fingerprint density at radius 2 is 1.65 bits per heavy atom. The van der Waals surface area contributed by atoms with Crippen LogP contribution in [0.2, 0.25) is 0 Å². The summed E-state index contributed by atoms with van der Waals surface area (Å²) >= 11 is 0. The van der Waals surface area contributed by atoms with E-state index >= 15 is 0 Å². The van der Waals surface area contributed by atoms with Gasteiger partial charge in [0.1, 0.15) is 11.8 Å². The predicted octanol–water partition coefficient (Wildman–Crippen LogP) is 2.36. The van der Waals surface area contributed by atoms with Crippen molar-refractivity contribution in [3.63, 3.8) is 0 Å². The van der Waals surface area contributed by atoms with Gasteiger partial charge in [-0.2, -0.15) is 4.31 Å². The lowest BCUT2D eigenvalue weighted by Gasteiger charge is -2.36. The van der Waals surface area contributed by atoms with E-state index in [-0.39, 0.29) is 50.5 Å². The molecule has 3 rings (SSSR count). The minimum atomic E-state index is -3.64. The third-order valence-electron chi connectivity index (χ3n) is 5.86. The molecule has 0 aromatic heterocycles. The Morgan fingerprint density at radius 3 is 2.24 bits per heavy atom. The van der Waals surface area contributed by atoms with E-state index in [2.05, 4.69) is 5.32 Å². The number of ether oxygens (including phenoxy) is 1. The van der Waals surface area contributed by atoms with Crippen LogP contribution in [0.3, 0.4) is 0 Å². The first-order chi connectivity index (χ1) is 16.1. The molecule has 1 aliphatic heterocycles. The lowest BCUT2D eigenvalue weighted by molar-refractivity contribution is -0.139. The summed E-state index contributed by atoms with van der Waals surface area (Å²) in [4.78, 5) is 27.5. The highest BCUT2D eigenvalue weighted by Gasteiger charge is 2.34. The topological polar surface area (TPSA) is 96.0 Å². The average molecular weight is 488 g/mol. The fourth-order valence-corrected chi connectivity index (χ4v) is 5.60. The maximum absolute atomic E-state index is 13.2. The van der Waals surface area contributed by atoms with Crippen molar-refractivity contribution in [2.75, 3.05) is 32.8 Å². The number of sulfonamides is 1. The van der Waals surface area contributed by atoms with Crippen LogP contribution in [0.15, 0.2) is 53.4 Å². The van der Waals surface area contributed by atoms with Crippen LogP contribution in [0, 0.1) is 19.8 Å². The number of rotatable bonds is 8. The van der Waals surface area contributed by atoms with Crippen molar-refractivity contribution in [3.8, 4) is 5.75 Å². The number of nitrogens with one attached hydrogen (secondary N) is 1. The quantitative estimate of drug-likeness (QED) is 0.617. The number of benzene rings is 2. The molecule has 0 spiro atoms. The predicted molar refractivity (Wildman–Crippen MR) is 130 cm³/mol. The highest BCUT2D eigenvalue weighted by Crippen LogP contribution is 2.22. The van der Waals surface area contributed by atoms with Gasteiger partial charge in [-0.3, -0.25) is 9.59 Å². The monoisotopic (exact) mass is 487 g/mol. The van der Waals surface area contributed by atoms with Gasteiger partial charge in [0.2, 0.25) is 15.9 Å². The summed E-state index contributed by atoms with van der Waals surface area (Å²) in [5, 5.41) is 2.78. The lowest BCUT2D eigenvalue weighted by atomic mass is 10.0. The van der Waals surface area contributed by atoms with E-state index in [1.54, 1.807) is 36.1 Å².